The van der Waals surface area contributed by atoms with Gasteiger partial charge in [-0.15, -0.1) is 0 Å². The topological polar surface area (TPSA) is 122 Å². The summed E-state index contributed by atoms with van der Waals surface area (Å²) in [5.74, 6) is 0.678. The Balaban J connectivity index is 1.46. The summed E-state index contributed by atoms with van der Waals surface area (Å²) in [4.78, 5) is 26.5. The van der Waals surface area contributed by atoms with Gasteiger partial charge in [0.15, 0.2) is 11.4 Å². The highest BCUT2D eigenvalue weighted by molar-refractivity contribution is 7.93. The van der Waals surface area contributed by atoms with Crippen LogP contribution in [0.3, 0.4) is 0 Å². The van der Waals surface area contributed by atoms with Crippen molar-refractivity contribution in [2.24, 2.45) is 0 Å². The monoisotopic (exact) mass is 692 g/mol. The standard InChI is InChI=1S/C34H37ClN6O6S/c1-38-15-17-39(18-16-38)21-23-6-13-31(46-3)28(19-23)34(40-14-4-5-30(40)32-36-22-47-37-32)27-20-24(35)7-12-29(27)41(33(34)42)48(43,44)26-10-8-25(45-2)9-11-26/h6-13,19-20,22,30H,4-5,14-18,21H2,1-3H3. The second-order valence-electron chi connectivity index (χ2n) is 12.4. The third-order valence-corrected chi connectivity index (χ3v) is 11.6. The van der Waals surface area contributed by atoms with Gasteiger partial charge >= 0.3 is 0 Å². The normalized spacial score (nSPS) is 22.3. The first-order valence-corrected chi connectivity index (χ1v) is 17.7. The van der Waals surface area contributed by atoms with Crippen molar-refractivity contribution in [1.82, 2.24) is 24.8 Å². The number of anilines is 1. The van der Waals surface area contributed by atoms with E-state index in [0.717, 1.165) is 36.0 Å². The van der Waals surface area contributed by atoms with E-state index in [1.54, 1.807) is 37.4 Å². The number of benzene rings is 3. The summed E-state index contributed by atoms with van der Waals surface area (Å²) in [6.07, 6.45) is 2.59. The number of nitrogens with zero attached hydrogens (tertiary/aromatic N) is 6. The highest BCUT2D eigenvalue weighted by Crippen LogP contribution is 2.56. The zero-order chi connectivity index (χ0) is 33.6. The molecule has 0 spiro atoms. The van der Waals surface area contributed by atoms with E-state index in [1.165, 1.54) is 25.6 Å². The Morgan fingerprint density at radius 1 is 0.958 bits per heavy atom. The molecule has 3 aromatic carbocycles. The SMILES string of the molecule is COc1ccc(S(=O)(=O)N2C(=O)C(c3cc(CN4CCN(C)CC4)ccc3OC)(N3CCCC3c3ncon3)c3cc(Cl)ccc32)cc1. The lowest BCUT2D eigenvalue weighted by molar-refractivity contribution is -0.127. The molecule has 0 aliphatic carbocycles. The Morgan fingerprint density at radius 3 is 2.42 bits per heavy atom. The van der Waals surface area contributed by atoms with Crippen molar-refractivity contribution in [2.45, 2.75) is 35.9 Å². The predicted molar refractivity (Wildman–Crippen MR) is 179 cm³/mol. The van der Waals surface area contributed by atoms with Crippen LogP contribution in [0.15, 0.2) is 76.5 Å². The quantitative estimate of drug-likeness (QED) is 0.250. The van der Waals surface area contributed by atoms with Crippen LogP contribution >= 0.6 is 11.6 Å². The van der Waals surface area contributed by atoms with Gasteiger partial charge in [-0.05, 0) is 80.1 Å². The molecule has 4 aromatic rings. The van der Waals surface area contributed by atoms with E-state index in [0.29, 0.717) is 59.4 Å². The molecule has 48 heavy (non-hydrogen) atoms. The molecule has 7 rings (SSSR count). The van der Waals surface area contributed by atoms with Gasteiger partial charge in [0, 0.05) is 55.4 Å². The summed E-state index contributed by atoms with van der Waals surface area (Å²) in [7, 11) is 0.749. The molecular formula is C34H37ClN6O6S. The molecule has 2 fully saturated rings. The smallest absolute Gasteiger partial charge is 0.271 e. The van der Waals surface area contributed by atoms with E-state index >= 15 is 4.79 Å². The van der Waals surface area contributed by atoms with Crippen LogP contribution < -0.4 is 13.8 Å². The van der Waals surface area contributed by atoms with Gasteiger partial charge in [-0.1, -0.05) is 22.8 Å². The molecule has 2 unspecified atom stereocenters. The van der Waals surface area contributed by atoms with Gasteiger partial charge in [-0.2, -0.15) is 4.98 Å². The Kier molecular flexibility index (Phi) is 8.67. The van der Waals surface area contributed by atoms with E-state index in [2.05, 4.69) is 27.0 Å². The molecule has 3 aliphatic rings. The number of fused-ring (bicyclic) bond motifs is 1. The van der Waals surface area contributed by atoms with E-state index in [-0.39, 0.29) is 10.6 Å². The average Bonchev–Trinajstić information content (AvgIpc) is 3.85. The minimum atomic E-state index is -4.42. The van der Waals surface area contributed by atoms with E-state index < -0.39 is 27.5 Å². The molecule has 1 aromatic heterocycles. The lowest BCUT2D eigenvalue weighted by atomic mass is 9.80. The molecule has 2 saturated heterocycles. The maximum Gasteiger partial charge on any atom is 0.271 e. The molecule has 252 valence electrons. The van der Waals surface area contributed by atoms with Crippen LogP contribution in [-0.4, -0.2) is 93.2 Å². The third kappa shape index (κ3) is 5.34. The zero-order valence-corrected chi connectivity index (χ0v) is 28.6. The van der Waals surface area contributed by atoms with E-state index in [4.69, 9.17) is 25.6 Å². The zero-order valence-electron chi connectivity index (χ0n) is 27.0. The summed E-state index contributed by atoms with van der Waals surface area (Å²) in [6, 6.07) is 16.3. The van der Waals surface area contributed by atoms with Gasteiger partial charge in [-0.25, -0.2) is 12.7 Å². The first-order valence-electron chi connectivity index (χ1n) is 15.8. The Morgan fingerprint density at radius 2 is 1.73 bits per heavy atom. The van der Waals surface area contributed by atoms with Crippen LogP contribution in [0.2, 0.25) is 5.02 Å². The number of sulfonamides is 1. The summed E-state index contributed by atoms with van der Waals surface area (Å²) in [6.45, 7) is 4.81. The summed E-state index contributed by atoms with van der Waals surface area (Å²) in [5, 5.41) is 4.53. The highest BCUT2D eigenvalue weighted by atomic mass is 35.5. The van der Waals surface area contributed by atoms with E-state index in [1.807, 2.05) is 23.1 Å². The van der Waals surface area contributed by atoms with Crippen molar-refractivity contribution in [2.75, 3.05) is 58.3 Å². The Hall–Kier alpha value is -4.01. The maximum absolute atomic E-state index is 15.5. The number of carbonyl (C=O) groups is 1. The van der Waals surface area contributed by atoms with Gasteiger partial charge in [0.1, 0.15) is 11.5 Å². The fourth-order valence-corrected chi connectivity index (χ4v) is 8.93. The maximum atomic E-state index is 15.5. The number of rotatable bonds is 9. The number of methoxy groups -OCH3 is 2. The minimum Gasteiger partial charge on any atom is -0.497 e. The van der Waals surface area contributed by atoms with Gasteiger partial charge < -0.3 is 18.9 Å². The van der Waals surface area contributed by atoms with Crippen molar-refractivity contribution >= 4 is 33.2 Å². The molecule has 0 N–H and O–H groups in total. The fraction of sp³-hybridized carbons (Fsp3) is 0.382. The lowest BCUT2D eigenvalue weighted by Gasteiger charge is -2.41. The van der Waals surface area contributed by atoms with Crippen LogP contribution in [0.25, 0.3) is 0 Å². The Labute approximate surface area is 284 Å². The number of carbonyl (C=O) groups excluding carboxylic acids is 1. The molecule has 2 atom stereocenters. The molecule has 3 aliphatic heterocycles. The minimum absolute atomic E-state index is 0.0553. The van der Waals surface area contributed by atoms with Gasteiger partial charge in [-0.3, -0.25) is 14.6 Å². The van der Waals surface area contributed by atoms with Crippen molar-refractivity contribution in [3.8, 4) is 11.5 Å². The molecule has 1 amide bonds. The average molecular weight is 693 g/mol. The second kappa shape index (κ2) is 12.8. The number of likely N-dealkylation sites (tertiary alicyclic amines) is 1. The number of aromatic nitrogens is 2. The summed E-state index contributed by atoms with van der Waals surface area (Å²) >= 11 is 6.69. The summed E-state index contributed by atoms with van der Waals surface area (Å²) in [5.41, 5.74) is 0.462. The third-order valence-electron chi connectivity index (χ3n) is 9.67. The van der Waals surface area contributed by atoms with Crippen molar-refractivity contribution in [1.29, 1.82) is 0 Å². The van der Waals surface area contributed by atoms with Crippen LogP contribution in [0, 0.1) is 0 Å². The molecule has 0 saturated carbocycles. The molecule has 4 heterocycles. The largest absolute Gasteiger partial charge is 0.497 e. The number of hydrogen-bond acceptors (Lipinski definition) is 11. The number of hydrogen-bond donors (Lipinski definition) is 0. The number of likely N-dealkylation sites (N-methyl/N-ethyl adjacent to an activating group) is 1. The van der Waals surface area contributed by atoms with Gasteiger partial charge in [0.2, 0.25) is 6.39 Å². The number of halogens is 1. The Bertz CT molecular complexity index is 1920. The van der Waals surface area contributed by atoms with Crippen LogP contribution in [0.1, 0.15) is 41.4 Å². The number of piperazine rings is 1. The van der Waals surface area contributed by atoms with Crippen LogP contribution in [0.4, 0.5) is 5.69 Å². The van der Waals surface area contributed by atoms with Crippen molar-refractivity contribution < 1.29 is 27.2 Å². The fourth-order valence-electron chi connectivity index (χ4n) is 7.29. The molecular weight excluding hydrogens is 656 g/mol. The van der Waals surface area contributed by atoms with E-state index in [9.17, 15) is 8.42 Å². The number of ether oxygens (including phenoxy) is 2. The second-order valence-corrected chi connectivity index (χ2v) is 14.6. The predicted octanol–water partition coefficient (Wildman–Crippen LogP) is 4.30. The van der Waals surface area contributed by atoms with Crippen LogP contribution in [-0.2, 0) is 26.9 Å². The molecule has 12 nitrogen and oxygen atoms in total. The highest BCUT2D eigenvalue weighted by Gasteiger charge is 2.62. The van der Waals surface area contributed by atoms with Crippen LogP contribution in [0.5, 0.6) is 11.5 Å². The van der Waals surface area contributed by atoms with Crippen molar-refractivity contribution in [3.63, 3.8) is 0 Å². The van der Waals surface area contributed by atoms with Crippen molar-refractivity contribution in [3.05, 3.63) is 94.6 Å². The summed E-state index contributed by atoms with van der Waals surface area (Å²) < 4.78 is 46.5. The van der Waals surface area contributed by atoms with Gasteiger partial charge in [0.05, 0.1) is 30.8 Å². The van der Waals surface area contributed by atoms with Gasteiger partial charge in [0.25, 0.3) is 15.9 Å². The first kappa shape index (κ1) is 32.5. The molecule has 0 bridgehead atoms. The lowest BCUT2D eigenvalue weighted by Crippen LogP contribution is -2.55. The molecule has 14 heteroatoms. The first-order chi connectivity index (χ1) is 23.2. The number of amides is 1. The molecule has 0 radical (unpaired) electrons.